The number of hydrogen-bond acceptors (Lipinski definition) is 2. The third-order valence-electron chi connectivity index (χ3n) is 8.48. The molecule has 0 aliphatic heterocycles. The molecule has 0 aliphatic rings. The Bertz CT molecular complexity index is 1520. The molecule has 0 saturated heterocycles. The van der Waals surface area contributed by atoms with E-state index in [-0.39, 0.29) is 21.7 Å². The summed E-state index contributed by atoms with van der Waals surface area (Å²) in [5.41, 5.74) is 12.9. The van der Waals surface area contributed by atoms with Crippen LogP contribution in [0, 0.1) is 17.8 Å². The van der Waals surface area contributed by atoms with Crippen molar-refractivity contribution in [2.45, 2.75) is 119 Å². The first kappa shape index (κ1) is 32.4. The van der Waals surface area contributed by atoms with E-state index in [4.69, 9.17) is 12.2 Å². The van der Waals surface area contributed by atoms with Crippen LogP contribution in [0.3, 0.4) is 0 Å². The quantitative estimate of drug-likeness (QED) is 0.213. The number of nitrogens with zero attached hydrogens (tertiary/aromatic N) is 1. The van der Waals surface area contributed by atoms with Crippen LogP contribution < -0.4 is 0 Å². The van der Waals surface area contributed by atoms with Gasteiger partial charge in [0.15, 0.2) is 3.95 Å². The van der Waals surface area contributed by atoms with Gasteiger partial charge in [-0.2, -0.15) is 0 Å². The molecule has 0 saturated carbocycles. The summed E-state index contributed by atoms with van der Waals surface area (Å²) in [5, 5.41) is 0. The zero-order chi connectivity index (χ0) is 31.6. The van der Waals surface area contributed by atoms with Gasteiger partial charge in [-0.3, -0.25) is 4.57 Å². The fourth-order valence-corrected chi connectivity index (χ4v) is 6.78. The maximum absolute atomic E-state index is 6.08. The molecular formula is C39H51NS2. The van der Waals surface area contributed by atoms with Gasteiger partial charge in [-0.05, 0) is 81.1 Å². The Kier molecular flexibility index (Phi) is 8.41. The molecule has 0 unspecified atom stereocenters. The second-order valence-corrected chi connectivity index (χ2v) is 18.0. The maximum Gasteiger partial charge on any atom is 0.166 e. The molecule has 0 spiro atoms. The van der Waals surface area contributed by atoms with Crippen molar-refractivity contribution in [1.82, 2.24) is 4.57 Å². The van der Waals surface area contributed by atoms with Crippen LogP contribution in [0.25, 0.3) is 27.9 Å². The fraction of sp³-hybridized carbons (Fsp3) is 0.462. The molecule has 0 N–H and O–H groups in total. The zero-order valence-electron chi connectivity index (χ0n) is 28.5. The number of aromatic nitrogens is 1. The zero-order valence-corrected chi connectivity index (χ0v) is 30.1. The lowest BCUT2D eigenvalue weighted by molar-refractivity contribution is 0.568. The molecule has 0 aliphatic carbocycles. The smallest absolute Gasteiger partial charge is 0.166 e. The van der Waals surface area contributed by atoms with Crippen molar-refractivity contribution >= 4 is 23.6 Å². The highest BCUT2D eigenvalue weighted by Crippen LogP contribution is 2.43. The van der Waals surface area contributed by atoms with Gasteiger partial charge >= 0.3 is 0 Å². The summed E-state index contributed by atoms with van der Waals surface area (Å²) >= 11 is 7.79. The molecular weight excluding hydrogens is 547 g/mol. The van der Waals surface area contributed by atoms with Crippen LogP contribution in [0.1, 0.15) is 116 Å². The van der Waals surface area contributed by atoms with Crippen LogP contribution in [0.15, 0.2) is 54.6 Å². The van der Waals surface area contributed by atoms with Crippen molar-refractivity contribution in [1.29, 1.82) is 0 Å². The lowest BCUT2D eigenvalue weighted by Gasteiger charge is -2.28. The Morgan fingerprint density at radius 1 is 0.548 bits per heavy atom. The molecule has 0 bridgehead atoms. The largest absolute Gasteiger partial charge is 0.295 e. The number of hydrogen-bond donors (Lipinski definition) is 0. The van der Waals surface area contributed by atoms with Gasteiger partial charge in [0, 0.05) is 21.7 Å². The average Bonchev–Trinajstić information content (AvgIpc) is 3.11. The highest BCUT2D eigenvalue weighted by Gasteiger charge is 2.26. The summed E-state index contributed by atoms with van der Waals surface area (Å²) in [5.74, 6) is 0. The first-order valence-corrected chi connectivity index (χ1v) is 16.5. The number of para-hydroxylation sites is 1. The second kappa shape index (κ2) is 10.9. The number of aryl methyl sites for hydroxylation is 1. The molecule has 4 aromatic rings. The van der Waals surface area contributed by atoms with E-state index < -0.39 is 0 Å². The van der Waals surface area contributed by atoms with Crippen molar-refractivity contribution in [3.8, 4) is 27.9 Å². The first-order chi connectivity index (χ1) is 19.1. The second-order valence-electron chi connectivity index (χ2n) is 16.1. The van der Waals surface area contributed by atoms with Gasteiger partial charge in [0.1, 0.15) is 0 Å². The predicted octanol–water partition coefficient (Wildman–Crippen LogP) is 12.4. The highest BCUT2D eigenvalue weighted by molar-refractivity contribution is 7.73. The molecule has 0 fully saturated rings. The molecule has 1 heterocycles. The maximum atomic E-state index is 6.08. The van der Waals surface area contributed by atoms with Crippen LogP contribution in [0.5, 0.6) is 0 Å². The molecule has 0 radical (unpaired) electrons. The molecule has 4 rings (SSSR count). The minimum absolute atomic E-state index is 0.0294. The van der Waals surface area contributed by atoms with Crippen molar-refractivity contribution in [3.63, 3.8) is 0 Å². The monoisotopic (exact) mass is 597 g/mol. The predicted molar refractivity (Wildman–Crippen MR) is 190 cm³/mol. The lowest BCUT2D eigenvalue weighted by atomic mass is 9.77. The van der Waals surface area contributed by atoms with Crippen molar-refractivity contribution in [2.24, 2.45) is 0 Å². The van der Waals surface area contributed by atoms with E-state index in [0.29, 0.717) is 0 Å². The Morgan fingerprint density at radius 2 is 0.881 bits per heavy atom. The summed E-state index contributed by atoms with van der Waals surface area (Å²) in [4.78, 5) is 1.26. The van der Waals surface area contributed by atoms with E-state index in [1.54, 1.807) is 11.3 Å². The summed E-state index contributed by atoms with van der Waals surface area (Å²) in [7, 11) is 0. The van der Waals surface area contributed by atoms with Gasteiger partial charge in [-0.1, -0.05) is 138 Å². The van der Waals surface area contributed by atoms with E-state index in [9.17, 15) is 0 Å². The van der Waals surface area contributed by atoms with Crippen LogP contribution in [-0.4, -0.2) is 4.57 Å². The third-order valence-corrected chi connectivity index (χ3v) is 9.87. The third kappa shape index (κ3) is 6.53. The normalized spacial score (nSPS) is 13.1. The number of rotatable bonds is 3. The Morgan fingerprint density at radius 3 is 1.14 bits per heavy atom. The molecule has 1 nitrogen and oxygen atoms in total. The number of thiazole rings is 1. The fourth-order valence-electron chi connectivity index (χ4n) is 5.35. The Balaban J connectivity index is 2.19. The average molecular weight is 598 g/mol. The van der Waals surface area contributed by atoms with E-state index >= 15 is 0 Å². The van der Waals surface area contributed by atoms with E-state index in [1.807, 2.05) is 0 Å². The van der Waals surface area contributed by atoms with E-state index in [2.05, 4.69) is 156 Å². The van der Waals surface area contributed by atoms with Crippen LogP contribution in [0.2, 0.25) is 0 Å². The van der Waals surface area contributed by atoms with E-state index in [0.717, 1.165) is 3.95 Å². The first-order valence-electron chi connectivity index (χ1n) is 15.2. The van der Waals surface area contributed by atoms with Gasteiger partial charge in [-0.25, -0.2) is 0 Å². The van der Waals surface area contributed by atoms with Crippen molar-refractivity contribution in [2.75, 3.05) is 0 Å². The summed E-state index contributed by atoms with van der Waals surface area (Å²) in [6, 6.07) is 21.2. The topological polar surface area (TPSA) is 4.93 Å². The minimum Gasteiger partial charge on any atom is -0.295 e. The standard InChI is InChI=1S/C39H51NS2/c1-24-25(2)42-35(41)40(24)34-32(26-18-28(36(3,4)5)22-29(19-26)37(6,7)8)16-15-17-33(34)27-20-30(38(9,10)11)23-31(21-27)39(12,13)14/h15-23H,1-14H3. The summed E-state index contributed by atoms with van der Waals surface area (Å²) < 4.78 is 3.23. The van der Waals surface area contributed by atoms with E-state index in [1.165, 1.54) is 60.8 Å². The molecule has 0 atom stereocenters. The molecule has 42 heavy (non-hydrogen) atoms. The molecule has 3 aromatic carbocycles. The Hall–Kier alpha value is -2.49. The lowest BCUT2D eigenvalue weighted by Crippen LogP contribution is -2.17. The van der Waals surface area contributed by atoms with Gasteiger partial charge in [0.05, 0.1) is 5.69 Å². The molecule has 0 amide bonds. The van der Waals surface area contributed by atoms with Crippen LogP contribution in [0.4, 0.5) is 0 Å². The minimum atomic E-state index is 0.0294. The Labute approximate surface area is 265 Å². The molecule has 224 valence electrons. The summed E-state index contributed by atoms with van der Waals surface area (Å²) in [6.07, 6.45) is 0. The highest BCUT2D eigenvalue weighted by atomic mass is 32.1. The van der Waals surface area contributed by atoms with Gasteiger partial charge in [0.2, 0.25) is 0 Å². The van der Waals surface area contributed by atoms with Crippen LogP contribution in [-0.2, 0) is 21.7 Å². The molecule has 3 heteroatoms. The van der Waals surface area contributed by atoms with Gasteiger partial charge in [-0.15, -0.1) is 11.3 Å². The molecule has 1 aromatic heterocycles. The van der Waals surface area contributed by atoms with Crippen molar-refractivity contribution < 1.29 is 0 Å². The number of benzene rings is 3. The van der Waals surface area contributed by atoms with Crippen LogP contribution >= 0.6 is 23.6 Å². The van der Waals surface area contributed by atoms with Crippen molar-refractivity contribution in [3.05, 3.63) is 91.4 Å². The summed E-state index contributed by atoms with van der Waals surface area (Å²) in [6.45, 7) is 32.1. The van der Waals surface area contributed by atoms with Gasteiger partial charge in [0.25, 0.3) is 0 Å². The van der Waals surface area contributed by atoms with Gasteiger partial charge < -0.3 is 0 Å². The SMILES string of the molecule is Cc1sc(=S)n(-c2c(-c3cc(C(C)(C)C)cc(C(C)(C)C)c3)cccc2-c2cc(C(C)(C)C)cc(C(C)(C)C)c2)c1C.